The third-order valence-corrected chi connectivity index (χ3v) is 4.47. The lowest BCUT2D eigenvalue weighted by Gasteiger charge is -2.20. The fourth-order valence-electron chi connectivity index (χ4n) is 2.15. The van der Waals surface area contributed by atoms with Crippen LogP contribution in [0.5, 0.6) is 0 Å². The van der Waals surface area contributed by atoms with Gasteiger partial charge in [0.25, 0.3) is 5.91 Å². The van der Waals surface area contributed by atoms with Gasteiger partial charge in [0.05, 0.1) is 6.54 Å². The number of hydrogen-bond donors (Lipinski definition) is 1. The Morgan fingerprint density at radius 2 is 2.00 bits per heavy atom. The molecule has 4 nitrogen and oxygen atoms in total. The van der Waals surface area contributed by atoms with Gasteiger partial charge in [-0.15, -0.1) is 17.9 Å². The van der Waals surface area contributed by atoms with Crippen LogP contribution in [0.15, 0.2) is 54.4 Å². The first kappa shape index (κ1) is 18.2. The molecule has 2 rings (SSSR count). The van der Waals surface area contributed by atoms with Gasteiger partial charge in [0.15, 0.2) is 0 Å². The predicted molar refractivity (Wildman–Crippen MR) is 98.3 cm³/mol. The number of halogens is 1. The van der Waals surface area contributed by atoms with Crippen molar-refractivity contribution in [1.82, 2.24) is 10.2 Å². The van der Waals surface area contributed by atoms with E-state index >= 15 is 0 Å². The van der Waals surface area contributed by atoms with Gasteiger partial charge in [-0.3, -0.25) is 9.59 Å². The molecular formula is C18H19ClN2O2S. The minimum atomic E-state index is -0.215. The number of rotatable bonds is 8. The van der Waals surface area contributed by atoms with E-state index in [1.165, 1.54) is 0 Å². The van der Waals surface area contributed by atoms with Crippen molar-refractivity contribution in [2.24, 2.45) is 0 Å². The van der Waals surface area contributed by atoms with E-state index in [-0.39, 0.29) is 18.2 Å². The SMILES string of the molecule is C=CCN(Cc1cccs1)C(=O)CCNC(=O)c1ccc(Cl)cc1. The summed E-state index contributed by atoms with van der Waals surface area (Å²) in [6.07, 6.45) is 1.95. The largest absolute Gasteiger partial charge is 0.352 e. The van der Waals surface area contributed by atoms with Gasteiger partial charge in [-0.2, -0.15) is 0 Å². The van der Waals surface area contributed by atoms with Crippen molar-refractivity contribution in [3.05, 3.63) is 69.9 Å². The second-order valence-electron chi connectivity index (χ2n) is 5.16. The molecule has 0 aliphatic heterocycles. The molecule has 126 valence electrons. The Balaban J connectivity index is 1.82. The van der Waals surface area contributed by atoms with E-state index < -0.39 is 0 Å². The molecular weight excluding hydrogens is 344 g/mol. The summed E-state index contributed by atoms with van der Waals surface area (Å²) in [5.41, 5.74) is 0.522. The second-order valence-corrected chi connectivity index (χ2v) is 6.62. The molecule has 1 heterocycles. The first-order valence-electron chi connectivity index (χ1n) is 7.55. The van der Waals surface area contributed by atoms with E-state index in [4.69, 9.17) is 11.6 Å². The highest BCUT2D eigenvalue weighted by Crippen LogP contribution is 2.13. The molecule has 1 N–H and O–H groups in total. The lowest BCUT2D eigenvalue weighted by Crippen LogP contribution is -2.34. The normalized spacial score (nSPS) is 10.2. The summed E-state index contributed by atoms with van der Waals surface area (Å²) in [6.45, 7) is 5.04. The third-order valence-electron chi connectivity index (χ3n) is 3.36. The smallest absolute Gasteiger partial charge is 0.251 e. The highest BCUT2D eigenvalue weighted by Gasteiger charge is 2.14. The minimum absolute atomic E-state index is 0.0142. The zero-order valence-corrected chi connectivity index (χ0v) is 14.8. The molecule has 0 aliphatic carbocycles. The van der Waals surface area contributed by atoms with Crippen LogP contribution in [-0.4, -0.2) is 29.8 Å². The van der Waals surface area contributed by atoms with Gasteiger partial charge >= 0.3 is 0 Å². The van der Waals surface area contributed by atoms with Crippen LogP contribution in [0, 0.1) is 0 Å². The Morgan fingerprint density at radius 3 is 2.62 bits per heavy atom. The van der Waals surface area contributed by atoms with Crippen molar-refractivity contribution in [3.8, 4) is 0 Å². The zero-order valence-electron chi connectivity index (χ0n) is 13.2. The van der Waals surface area contributed by atoms with Crippen LogP contribution in [0.3, 0.4) is 0 Å². The molecule has 0 saturated carbocycles. The molecule has 0 bridgehead atoms. The first-order chi connectivity index (χ1) is 11.6. The summed E-state index contributed by atoms with van der Waals surface area (Å²) >= 11 is 7.41. The van der Waals surface area contributed by atoms with Crippen molar-refractivity contribution in [3.63, 3.8) is 0 Å². The van der Waals surface area contributed by atoms with Crippen LogP contribution in [0.2, 0.25) is 5.02 Å². The van der Waals surface area contributed by atoms with Crippen molar-refractivity contribution in [2.75, 3.05) is 13.1 Å². The van der Waals surface area contributed by atoms with E-state index in [9.17, 15) is 9.59 Å². The molecule has 2 amide bonds. The number of benzene rings is 1. The summed E-state index contributed by atoms with van der Waals surface area (Å²) in [6, 6.07) is 10.6. The standard InChI is InChI=1S/C18H19ClN2O2S/c1-2-11-21(13-16-4-3-12-24-16)17(22)9-10-20-18(23)14-5-7-15(19)8-6-14/h2-8,12H,1,9-11,13H2,(H,20,23). The Morgan fingerprint density at radius 1 is 1.25 bits per heavy atom. The minimum Gasteiger partial charge on any atom is -0.352 e. The second kappa shape index (κ2) is 9.25. The Labute approximate surface area is 150 Å². The Bertz CT molecular complexity index is 684. The van der Waals surface area contributed by atoms with Crippen molar-refractivity contribution in [2.45, 2.75) is 13.0 Å². The van der Waals surface area contributed by atoms with Crippen LogP contribution in [0.4, 0.5) is 0 Å². The van der Waals surface area contributed by atoms with Gasteiger partial charge in [-0.25, -0.2) is 0 Å². The number of nitrogens with one attached hydrogen (secondary N) is 1. The number of hydrogen-bond acceptors (Lipinski definition) is 3. The summed E-state index contributed by atoms with van der Waals surface area (Å²) in [4.78, 5) is 27.2. The molecule has 0 unspecified atom stereocenters. The average molecular weight is 363 g/mol. The van der Waals surface area contributed by atoms with E-state index in [1.807, 2.05) is 17.5 Å². The molecule has 0 radical (unpaired) electrons. The van der Waals surface area contributed by atoms with Gasteiger partial charge in [-0.05, 0) is 35.7 Å². The molecule has 0 saturated heterocycles. The van der Waals surface area contributed by atoms with Crippen molar-refractivity contribution in [1.29, 1.82) is 0 Å². The maximum absolute atomic E-state index is 12.3. The number of nitrogens with zero attached hydrogens (tertiary/aromatic N) is 1. The molecule has 1 aromatic carbocycles. The molecule has 0 atom stereocenters. The van der Waals surface area contributed by atoms with E-state index in [0.717, 1.165) is 4.88 Å². The summed E-state index contributed by atoms with van der Waals surface area (Å²) in [7, 11) is 0. The fourth-order valence-corrected chi connectivity index (χ4v) is 2.99. The van der Waals surface area contributed by atoms with E-state index in [1.54, 1.807) is 46.6 Å². The lowest BCUT2D eigenvalue weighted by atomic mass is 10.2. The van der Waals surface area contributed by atoms with Crippen LogP contribution in [-0.2, 0) is 11.3 Å². The van der Waals surface area contributed by atoms with Gasteiger partial charge in [-0.1, -0.05) is 23.7 Å². The van der Waals surface area contributed by atoms with Crippen molar-refractivity contribution < 1.29 is 9.59 Å². The molecule has 6 heteroatoms. The molecule has 0 aliphatic rings. The van der Waals surface area contributed by atoms with Crippen LogP contribution in [0.1, 0.15) is 21.7 Å². The fraction of sp³-hybridized carbons (Fsp3) is 0.222. The molecule has 1 aromatic heterocycles. The summed E-state index contributed by atoms with van der Waals surface area (Å²) in [5, 5.41) is 5.32. The molecule has 0 spiro atoms. The van der Waals surface area contributed by atoms with Crippen LogP contribution < -0.4 is 5.32 Å². The Kier molecular flexibility index (Phi) is 7.03. The van der Waals surface area contributed by atoms with E-state index in [0.29, 0.717) is 30.2 Å². The van der Waals surface area contributed by atoms with Crippen LogP contribution >= 0.6 is 22.9 Å². The quantitative estimate of drug-likeness (QED) is 0.727. The Hall–Kier alpha value is -2.11. The molecule has 24 heavy (non-hydrogen) atoms. The van der Waals surface area contributed by atoms with Gasteiger partial charge in [0, 0.05) is 35.0 Å². The lowest BCUT2D eigenvalue weighted by molar-refractivity contribution is -0.131. The third kappa shape index (κ3) is 5.51. The number of thiophene rings is 1. The molecule has 2 aromatic rings. The first-order valence-corrected chi connectivity index (χ1v) is 8.80. The highest BCUT2D eigenvalue weighted by molar-refractivity contribution is 7.09. The van der Waals surface area contributed by atoms with Crippen LogP contribution in [0.25, 0.3) is 0 Å². The summed E-state index contributed by atoms with van der Waals surface area (Å²) in [5.74, 6) is -0.229. The maximum atomic E-state index is 12.3. The van der Waals surface area contributed by atoms with E-state index in [2.05, 4.69) is 11.9 Å². The zero-order chi connectivity index (χ0) is 17.4. The maximum Gasteiger partial charge on any atom is 0.251 e. The highest BCUT2D eigenvalue weighted by atomic mass is 35.5. The van der Waals surface area contributed by atoms with Gasteiger partial charge in [0.1, 0.15) is 0 Å². The number of carbonyl (C=O) groups excluding carboxylic acids is 2. The van der Waals surface area contributed by atoms with Crippen molar-refractivity contribution >= 4 is 34.8 Å². The number of carbonyl (C=O) groups is 2. The monoisotopic (exact) mass is 362 g/mol. The summed E-state index contributed by atoms with van der Waals surface area (Å²) < 4.78 is 0. The predicted octanol–water partition coefficient (Wildman–Crippen LogP) is 3.74. The average Bonchev–Trinajstić information content (AvgIpc) is 3.08. The van der Waals surface area contributed by atoms with Gasteiger partial charge in [0.2, 0.25) is 5.91 Å². The number of amides is 2. The van der Waals surface area contributed by atoms with Gasteiger partial charge < -0.3 is 10.2 Å². The topological polar surface area (TPSA) is 49.4 Å². The molecule has 0 fully saturated rings.